The van der Waals surface area contributed by atoms with E-state index in [1.807, 2.05) is 6.08 Å². The van der Waals surface area contributed by atoms with Gasteiger partial charge in [-0.05, 0) is 37.4 Å². The Kier molecular flexibility index (Phi) is 6.90. The molecule has 0 saturated heterocycles. The van der Waals surface area contributed by atoms with E-state index in [-0.39, 0.29) is 22.1 Å². The number of halogens is 5. The molecule has 1 amide bonds. The zero-order valence-corrected chi connectivity index (χ0v) is 17.3. The number of alkyl halides is 3. The lowest BCUT2D eigenvalue weighted by atomic mass is 10.2. The largest absolute Gasteiger partial charge is 0.524 e. The maximum atomic E-state index is 13.6. The molecule has 0 saturated carbocycles. The third-order valence-corrected chi connectivity index (χ3v) is 5.56. The van der Waals surface area contributed by atoms with Crippen LogP contribution in [0.3, 0.4) is 0 Å². The molecule has 0 aromatic carbocycles. The fourth-order valence-corrected chi connectivity index (χ4v) is 4.08. The summed E-state index contributed by atoms with van der Waals surface area (Å²) in [5, 5.41) is 11.4. The molecule has 164 valence electrons. The van der Waals surface area contributed by atoms with Crippen LogP contribution < -0.4 is 10.0 Å². The number of allylic oxidation sites excluding steroid dienone is 1. The van der Waals surface area contributed by atoms with Crippen molar-refractivity contribution >= 4 is 41.2 Å². The Hall–Kier alpha value is -2.59. The van der Waals surface area contributed by atoms with Gasteiger partial charge < -0.3 is 9.88 Å². The summed E-state index contributed by atoms with van der Waals surface area (Å²) in [6, 6.07) is 3.82. The van der Waals surface area contributed by atoms with Gasteiger partial charge in [0.15, 0.2) is 0 Å². The molecule has 2 aromatic rings. The van der Waals surface area contributed by atoms with Crippen LogP contribution in [0.2, 0.25) is 5.02 Å². The average molecular weight is 476 g/mol. The van der Waals surface area contributed by atoms with Gasteiger partial charge in [-0.15, -0.1) is 13.2 Å². The third kappa shape index (κ3) is 5.56. The zero-order valence-electron chi connectivity index (χ0n) is 15.8. The molecule has 0 bridgehead atoms. The lowest BCUT2D eigenvalue weighted by Crippen LogP contribution is -2.30. The molecule has 2 N–H and O–H groups in total. The highest BCUT2D eigenvalue weighted by Gasteiger charge is 2.33. The number of carbonyl (C=O) groups is 1. The number of rotatable bonds is 6. The molecule has 1 aliphatic rings. The Labute approximate surface area is 183 Å². The van der Waals surface area contributed by atoms with E-state index in [9.17, 15) is 22.4 Å². The first-order valence-corrected chi connectivity index (χ1v) is 9.93. The molecule has 3 rings (SSSR count). The number of hydrogen-bond donors (Lipinski definition) is 2. The molecule has 0 aliphatic carbocycles. The molecule has 0 fully saturated rings. The van der Waals surface area contributed by atoms with Gasteiger partial charge in [-0.25, -0.2) is 9.71 Å². The highest BCUT2D eigenvalue weighted by atomic mass is 35.5. The van der Waals surface area contributed by atoms with Crippen molar-refractivity contribution in [3.63, 3.8) is 0 Å². The molecular weight excluding hydrogens is 462 g/mol. The van der Waals surface area contributed by atoms with Gasteiger partial charge in [0.1, 0.15) is 23.7 Å². The minimum atomic E-state index is -4.82. The van der Waals surface area contributed by atoms with Crippen LogP contribution in [0, 0.1) is 17.3 Å². The number of nitrogens with one attached hydrogen (secondary N) is 2. The van der Waals surface area contributed by atoms with Gasteiger partial charge in [-0.3, -0.25) is 9.53 Å². The summed E-state index contributed by atoms with van der Waals surface area (Å²) in [5.74, 6) is -1.62. The number of ether oxygens (including phenoxy) is 1. The van der Waals surface area contributed by atoms with E-state index in [0.29, 0.717) is 23.6 Å². The normalized spacial score (nSPS) is 14.1. The lowest BCUT2D eigenvalue weighted by molar-refractivity contribution is -0.341. The molecule has 0 radical (unpaired) electrons. The Bertz CT molecular complexity index is 1080. The van der Waals surface area contributed by atoms with E-state index in [0.717, 1.165) is 18.0 Å². The quantitative estimate of drug-likeness (QED) is 0.272. The summed E-state index contributed by atoms with van der Waals surface area (Å²) < 4.78 is 58.6. The summed E-state index contributed by atoms with van der Waals surface area (Å²) in [6.45, 7) is 1.57. The number of pyridine rings is 1. The maximum absolute atomic E-state index is 13.6. The Morgan fingerprint density at radius 2 is 2.19 bits per heavy atom. The highest BCUT2D eigenvalue weighted by molar-refractivity contribution is 7.97. The van der Waals surface area contributed by atoms with Gasteiger partial charge in [0.2, 0.25) is 5.95 Å². The number of nitrogens with zero attached hydrogens (tertiary/aromatic N) is 3. The first-order chi connectivity index (χ1) is 14.6. The molecule has 2 aromatic heterocycles. The van der Waals surface area contributed by atoms with Crippen molar-refractivity contribution in [2.24, 2.45) is 0 Å². The SMILES string of the molecule is CC(NSc1c(Cl)c(C(=O)Nc2cc(F)nc(C#N)c2)n2c1C=CCC2)OC(F)(F)F. The Balaban J connectivity index is 1.88. The average Bonchev–Trinajstić information content (AvgIpc) is 2.95. The lowest BCUT2D eigenvalue weighted by Gasteiger charge is -2.16. The van der Waals surface area contributed by atoms with Crippen molar-refractivity contribution < 1.29 is 27.1 Å². The van der Waals surface area contributed by atoms with Gasteiger partial charge in [0.05, 0.1) is 15.6 Å². The fourth-order valence-electron chi connectivity index (χ4n) is 2.88. The second kappa shape index (κ2) is 9.27. The second-order valence-electron chi connectivity index (χ2n) is 6.28. The number of aromatic nitrogens is 2. The fraction of sp³-hybridized carbons (Fsp3) is 0.278. The standard InChI is InChI=1S/C18H14ClF4N5O2S/c1-9(30-18(21,22)23)27-31-16-12-4-2-3-5-28(12)15(14(16)19)17(29)26-10-6-11(8-24)25-13(20)7-10/h2,4,6-7,9,27H,3,5H2,1H3,(H,25,26,29). The third-order valence-electron chi connectivity index (χ3n) is 4.01. The number of nitriles is 1. The van der Waals surface area contributed by atoms with Crippen LogP contribution >= 0.6 is 23.5 Å². The monoisotopic (exact) mass is 475 g/mol. The van der Waals surface area contributed by atoms with E-state index >= 15 is 0 Å². The Morgan fingerprint density at radius 3 is 2.87 bits per heavy atom. The molecular formula is C18H14ClF4N5O2S. The molecule has 3 heterocycles. The number of fused-ring (bicyclic) bond motifs is 1. The van der Waals surface area contributed by atoms with Crippen molar-refractivity contribution in [1.82, 2.24) is 14.3 Å². The predicted octanol–water partition coefficient (Wildman–Crippen LogP) is 4.70. The van der Waals surface area contributed by atoms with Crippen molar-refractivity contribution in [2.45, 2.75) is 37.4 Å². The van der Waals surface area contributed by atoms with Crippen LogP contribution in [0.25, 0.3) is 6.08 Å². The van der Waals surface area contributed by atoms with Gasteiger partial charge in [-0.2, -0.15) is 9.65 Å². The van der Waals surface area contributed by atoms with Crippen LogP contribution in [-0.4, -0.2) is 28.0 Å². The summed E-state index contributed by atoms with van der Waals surface area (Å²) in [7, 11) is 0. The summed E-state index contributed by atoms with van der Waals surface area (Å²) in [6.07, 6.45) is -2.06. The van der Waals surface area contributed by atoms with Crippen LogP contribution in [0.5, 0.6) is 0 Å². The topological polar surface area (TPSA) is 92.0 Å². The van der Waals surface area contributed by atoms with E-state index in [1.54, 1.807) is 16.7 Å². The molecule has 1 unspecified atom stereocenters. The van der Waals surface area contributed by atoms with Crippen LogP contribution in [-0.2, 0) is 11.3 Å². The molecule has 7 nitrogen and oxygen atoms in total. The van der Waals surface area contributed by atoms with E-state index in [2.05, 4.69) is 19.8 Å². The van der Waals surface area contributed by atoms with Crippen LogP contribution in [0.1, 0.15) is 35.2 Å². The predicted molar refractivity (Wildman–Crippen MR) is 106 cm³/mol. The van der Waals surface area contributed by atoms with E-state index in [1.165, 1.54) is 13.0 Å². The molecule has 1 atom stereocenters. The highest BCUT2D eigenvalue weighted by Crippen LogP contribution is 2.38. The second-order valence-corrected chi connectivity index (χ2v) is 7.50. The molecule has 0 spiro atoms. The van der Waals surface area contributed by atoms with E-state index < -0.39 is 24.4 Å². The van der Waals surface area contributed by atoms with Crippen molar-refractivity contribution in [2.75, 3.05) is 5.32 Å². The number of carbonyl (C=O) groups excluding carboxylic acids is 1. The van der Waals surface area contributed by atoms with Gasteiger partial charge >= 0.3 is 6.36 Å². The summed E-state index contributed by atoms with van der Waals surface area (Å²) >= 11 is 7.20. The first-order valence-electron chi connectivity index (χ1n) is 8.73. The minimum Gasteiger partial charge on any atom is -0.334 e. The summed E-state index contributed by atoms with van der Waals surface area (Å²) in [4.78, 5) is 16.6. The van der Waals surface area contributed by atoms with Gasteiger partial charge in [-0.1, -0.05) is 17.7 Å². The van der Waals surface area contributed by atoms with Crippen molar-refractivity contribution in [3.8, 4) is 6.07 Å². The molecule has 13 heteroatoms. The number of hydrogen-bond acceptors (Lipinski definition) is 6. The van der Waals surface area contributed by atoms with Crippen LogP contribution in [0.15, 0.2) is 23.1 Å². The maximum Gasteiger partial charge on any atom is 0.524 e. The molecule has 1 aliphatic heterocycles. The van der Waals surface area contributed by atoms with Crippen LogP contribution in [0.4, 0.5) is 23.2 Å². The summed E-state index contributed by atoms with van der Waals surface area (Å²) in [5.41, 5.74) is 0.356. The minimum absolute atomic E-state index is 0.00536. The van der Waals surface area contributed by atoms with Crippen molar-refractivity contribution in [1.29, 1.82) is 5.26 Å². The van der Waals surface area contributed by atoms with E-state index in [4.69, 9.17) is 16.9 Å². The van der Waals surface area contributed by atoms with Gasteiger partial charge in [0, 0.05) is 18.3 Å². The van der Waals surface area contributed by atoms with Crippen molar-refractivity contribution in [3.05, 3.63) is 46.3 Å². The van der Waals surface area contributed by atoms with Gasteiger partial charge in [0.25, 0.3) is 5.91 Å². The number of anilines is 1. The first kappa shape index (κ1) is 23.1. The zero-order chi connectivity index (χ0) is 22.8. The number of amides is 1. The smallest absolute Gasteiger partial charge is 0.334 e. The molecule has 31 heavy (non-hydrogen) atoms. The Morgan fingerprint density at radius 1 is 1.45 bits per heavy atom.